The van der Waals surface area contributed by atoms with Crippen molar-refractivity contribution in [3.05, 3.63) is 83.2 Å². The van der Waals surface area contributed by atoms with Crippen LogP contribution in [0.2, 0.25) is 0 Å². The van der Waals surface area contributed by atoms with E-state index in [0.717, 1.165) is 53.9 Å². The maximum absolute atomic E-state index is 15.5. The fraction of sp³-hybridized carbons (Fsp3) is 0.457. The molecule has 4 aromatic rings. The highest BCUT2D eigenvalue weighted by Gasteiger charge is 2.38. The Balaban J connectivity index is 1.27. The summed E-state index contributed by atoms with van der Waals surface area (Å²) in [6.07, 6.45) is 9.73. The lowest BCUT2D eigenvalue weighted by Crippen LogP contribution is -2.43. The van der Waals surface area contributed by atoms with E-state index in [0.29, 0.717) is 31.2 Å². The van der Waals surface area contributed by atoms with Crippen LogP contribution in [-0.2, 0) is 12.8 Å². The number of hydrogen-bond donors (Lipinski definition) is 2. The molecule has 1 fully saturated rings. The van der Waals surface area contributed by atoms with E-state index in [1.165, 1.54) is 6.07 Å². The quantitative estimate of drug-likeness (QED) is 0.246. The Kier molecular flexibility index (Phi) is 9.14. The van der Waals surface area contributed by atoms with E-state index in [-0.39, 0.29) is 36.1 Å². The number of hydrogen-bond acceptors (Lipinski definition) is 7. The summed E-state index contributed by atoms with van der Waals surface area (Å²) < 4.78 is 31.0. The van der Waals surface area contributed by atoms with Crippen molar-refractivity contribution in [1.29, 1.82) is 0 Å². The van der Waals surface area contributed by atoms with Crippen molar-refractivity contribution in [3.63, 3.8) is 0 Å². The highest BCUT2D eigenvalue weighted by molar-refractivity contribution is 5.98. The first-order chi connectivity index (χ1) is 21.7. The second-order valence-corrected chi connectivity index (χ2v) is 12.8. The lowest BCUT2D eigenvalue weighted by molar-refractivity contribution is 0.0820. The van der Waals surface area contributed by atoms with Gasteiger partial charge in [0.05, 0.1) is 30.7 Å². The molecule has 0 spiro atoms. The molecule has 2 N–H and O–H groups in total. The number of aliphatic hydroxyl groups excluding tert-OH is 1. The van der Waals surface area contributed by atoms with Crippen LogP contribution in [0.1, 0.15) is 79.2 Å². The summed E-state index contributed by atoms with van der Waals surface area (Å²) in [6.45, 7) is 5.43. The molecule has 1 aromatic carbocycles. The first kappa shape index (κ1) is 31.1. The summed E-state index contributed by atoms with van der Waals surface area (Å²) in [7, 11) is 0. The van der Waals surface area contributed by atoms with Gasteiger partial charge in [0.15, 0.2) is 0 Å². The second kappa shape index (κ2) is 13.2. The predicted molar refractivity (Wildman–Crippen MR) is 169 cm³/mol. The zero-order valence-corrected chi connectivity index (χ0v) is 25.8. The highest BCUT2D eigenvalue weighted by Crippen LogP contribution is 2.38. The van der Waals surface area contributed by atoms with Crippen LogP contribution in [0.5, 0.6) is 0 Å². The molecule has 3 atom stereocenters. The summed E-state index contributed by atoms with van der Waals surface area (Å²) in [5, 5.41) is 21.3. The maximum atomic E-state index is 15.5. The first-order valence-corrected chi connectivity index (χ1v) is 15.9. The Hall–Kier alpha value is -3.89. The van der Waals surface area contributed by atoms with E-state index in [9.17, 15) is 9.90 Å². The van der Waals surface area contributed by atoms with Crippen molar-refractivity contribution in [2.24, 2.45) is 5.92 Å². The molecular formula is C35H40F2N6O2. The lowest BCUT2D eigenvalue weighted by Gasteiger charge is -2.35. The summed E-state index contributed by atoms with van der Waals surface area (Å²) in [4.78, 5) is 25.2. The van der Waals surface area contributed by atoms with Gasteiger partial charge in [-0.1, -0.05) is 26.3 Å². The number of carbonyl (C=O) groups excluding carboxylic acids is 1. The van der Waals surface area contributed by atoms with E-state index >= 15 is 8.78 Å². The molecule has 3 unspecified atom stereocenters. The number of rotatable bonds is 9. The number of alkyl halides is 1. The van der Waals surface area contributed by atoms with Crippen LogP contribution in [0.3, 0.4) is 0 Å². The summed E-state index contributed by atoms with van der Waals surface area (Å²) in [5.41, 5.74) is 2.93. The van der Waals surface area contributed by atoms with Gasteiger partial charge >= 0.3 is 0 Å². The number of benzene rings is 1. The Morgan fingerprint density at radius 1 is 1.16 bits per heavy atom. The van der Waals surface area contributed by atoms with Crippen molar-refractivity contribution in [1.82, 2.24) is 30.4 Å². The Bertz CT molecular complexity index is 1650. The van der Waals surface area contributed by atoms with Crippen molar-refractivity contribution in [2.75, 3.05) is 19.7 Å². The minimum Gasteiger partial charge on any atom is -0.395 e. The SMILES string of the molecule is CC(C)C1(F)CCc2nc3c(F)cc(C(=O)NC(CCN4CCCCC4CO)c4ccc(-c5ccnnc5)nc4)cc3cc2C1. The number of aryl methyl sites for hydroxylation is 1. The second-order valence-electron chi connectivity index (χ2n) is 12.8. The van der Waals surface area contributed by atoms with Crippen LogP contribution in [0, 0.1) is 11.7 Å². The minimum atomic E-state index is -1.33. The summed E-state index contributed by atoms with van der Waals surface area (Å²) in [5.74, 6) is -1.14. The van der Waals surface area contributed by atoms with Gasteiger partial charge in [0.2, 0.25) is 0 Å². The third-order valence-corrected chi connectivity index (χ3v) is 9.64. The molecule has 1 saturated heterocycles. The van der Waals surface area contributed by atoms with Gasteiger partial charge in [-0.05, 0) is 86.0 Å². The van der Waals surface area contributed by atoms with Gasteiger partial charge in [-0.3, -0.25) is 14.7 Å². The molecule has 0 saturated carbocycles. The molecule has 8 nitrogen and oxygen atoms in total. The average Bonchev–Trinajstić information content (AvgIpc) is 3.06. The number of amides is 1. The zero-order chi connectivity index (χ0) is 31.6. The number of fused-ring (bicyclic) bond motifs is 2. The first-order valence-electron chi connectivity index (χ1n) is 15.9. The Labute approximate surface area is 262 Å². The van der Waals surface area contributed by atoms with E-state index in [4.69, 9.17) is 0 Å². The van der Waals surface area contributed by atoms with Crippen LogP contribution in [0.25, 0.3) is 22.2 Å². The molecule has 10 heteroatoms. The molecule has 1 amide bonds. The van der Waals surface area contributed by atoms with Gasteiger partial charge < -0.3 is 10.4 Å². The highest BCUT2D eigenvalue weighted by atomic mass is 19.1. The number of carbonyl (C=O) groups is 1. The monoisotopic (exact) mass is 614 g/mol. The number of nitrogens with zero attached hydrogens (tertiary/aromatic N) is 5. The topological polar surface area (TPSA) is 104 Å². The van der Waals surface area contributed by atoms with Crippen molar-refractivity contribution in [3.8, 4) is 11.3 Å². The van der Waals surface area contributed by atoms with Gasteiger partial charge in [-0.15, -0.1) is 0 Å². The normalized spacial score (nSPS) is 21.1. The van der Waals surface area contributed by atoms with Crippen LogP contribution < -0.4 is 5.32 Å². The molecule has 1 aliphatic carbocycles. The summed E-state index contributed by atoms with van der Waals surface area (Å²) >= 11 is 0. The number of halogens is 2. The number of aromatic nitrogens is 4. The Morgan fingerprint density at radius 3 is 2.76 bits per heavy atom. The lowest BCUT2D eigenvalue weighted by atomic mass is 9.77. The van der Waals surface area contributed by atoms with Crippen molar-refractivity contribution < 1.29 is 18.7 Å². The molecular weight excluding hydrogens is 574 g/mol. The predicted octanol–water partition coefficient (Wildman–Crippen LogP) is 5.79. The van der Waals surface area contributed by atoms with Gasteiger partial charge in [-0.2, -0.15) is 10.2 Å². The van der Waals surface area contributed by atoms with Gasteiger partial charge in [-0.25, -0.2) is 13.8 Å². The van der Waals surface area contributed by atoms with Gasteiger partial charge in [0.25, 0.3) is 5.91 Å². The molecule has 3 aromatic heterocycles. The fourth-order valence-corrected chi connectivity index (χ4v) is 6.69. The van der Waals surface area contributed by atoms with Crippen LogP contribution in [0.4, 0.5) is 8.78 Å². The van der Waals surface area contributed by atoms with Crippen LogP contribution in [0.15, 0.2) is 55.0 Å². The molecule has 0 bridgehead atoms. The number of piperidine rings is 1. The van der Waals surface area contributed by atoms with E-state index in [1.54, 1.807) is 30.7 Å². The fourth-order valence-electron chi connectivity index (χ4n) is 6.69. The smallest absolute Gasteiger partial charge is 0.251 e. The molecule has 4 heterocycles. The molecule has 1 aliphatic heterocycles. The van der Waals surface area contributed by atoms with Crippen molar-refractivity contribution >= 4 is 16.8 Å². The molecule has 2 aliphatic rings. The number of aliphatic hydroxyl groups is 1. The van der Waals surface area contributed by atoms with E-state index in [2.05, 4.69) is 30.4 Å². The van der Waals surface area contributed by atoms with Gasteiger partial charge in [0.1, 0.15) is 17.0 Å². The number of pyridine rings is 2. The third kappa shape index (κ3) is 6.72. The average molecular weight is 615 g/mol. The summed E-state index contributed by atoms with van der Waals surface area (Å²) in [6, 6.07) is 10.0. The zero-order valence-electron chi connectivity index (χ0n) is 25.8. The minimum absolute atomic E-state index is 0.0987. The third-order valence-electron chi connectivity index (χ3n) is 9.64. The molecule has 236 valence electrons. The molecule has 6 rings (SSSR count). The van der Waals surface area contributed by atoms with Crippen LogP contribution in [-0.4, -0.2) is 67.5 Å². The Morgan fingerprint density at radius 2 is 2.02 bits per heavy atom. The van der Waals surface area contributed by atoms with Crippen LogP contribution >= 0.6 is 0 Å². The van der Waals surface area contributed by atoms with Gasteiger partial charge in [0, 0.05) is 47.4 Å². The number of nitrogens with one attached hydrogen (secondary N) is 1. The number of likely N-dealkylation sites (tertiary alicyclic amines) is 1. The molecule has 45 heavy (non-hydrogen) atoms. The van der Waals surface area contributed by atoms with Crippen molar-refractivity contribution in [2.45, 2.75) is 76.5 Å². The standard InChI is InChI=1S/C35H40F2N6O2/c1-22(2)35(37)11-8-31-27(18-35)16-25-15-26(17-29(36)33(25)41-31)34(45)42-32(10-14-43-13-4-3-5-28(43)21-44)23-6-7-30(38-19-23)24-9-12-39-40-20-24/h6-7,9,12,15-17,19-20,22,28,32,44H,3-5,8,10-11,13-14,18,21H2,1-2H3,(H,42,45). The molecule has 0 radical (unpaired) electrons. The van der Waals surface area contributed by atoms with E-state index in [1.807, 2.05) is 32.0 Å². The maximum Gasteiger partial charge on any atom is 0.251 e. The van der Waals surface area contributed by atoms with E-state index < -0.39 is 23.4 Å². The largest absolute Gasteiger partial charge is 0.395 e.